The second-order valence-electron chi connectivity index (χ2n) is 5.42. The highest BCUT2D eigenvalue weighted by molar-refractivity contribution is 5.57. The van der Waals surface area contributed by atoms with Gasteiger partial charge in [-0.25, -0.2) is 0 Å². The maximum Gasteiger partial charge on any atom is 0.322 e. The summed E-state index contributed by atoms with van der Waals surface area (Å²) in [6.07, 6.45) is 0. The van der Waals surface area contributed by atoms with Gasteiger partial charge in [0, 0.05) is 18.8 Å². The van der Waals surface area contributed by atoms with Crippen LogP contribution < -0.4 is 10.2 Å². The monoisotopic (exact) mass is 274 g/mol. The molecule has 1 N–H and O–H groups in total. The minimum atomic E-state index is 0.391. The normalized spacial score (nSPS) is 11.1. The van der Waals surface area contributed by atoms with Gasteiger partial charge in [0.05, 0.1) is 6.54 Å². The largest absolute Gasteiger partial charge is 0.406 e. The number of hydrogen-bond donors (Lipinski definition) is 1. The molecule has 1 aromatic carbocycles. The van der Waals surface area contributed by atoms with Gasteiger partial charge in [-0.2, -0.15) is 0 Å². The van der Waals surface area contributed by atoms with E-state index < -0.39 is 0 Å². The summed E-state index contributed by atoms with van der Waals surface area (Å²) in [7, 11) is 1.93. The molecule has 0 aliphatic rings. The summed E-state index contributed by atoms with van der Waals surface area (Å²) >= 11 is 0. The molecule has 1 heterocycles. The molecule has 0 unspecified atom stereocenters. The molecule has 0 radical (unpaired) electrons. The second kappa shape index (κ2) is 6.05. The first-order chi connectivity index (χ1) is 9.45. The molecule has 0 spiro atoms. The molecule has 2 aromatic rings. The summed E-state index contributed by atoms with van der Waals surface area (Å²) in [4.78, 5) is 1.91. The highest BCUT2D eigenvalue weighted by Crippen LogP contribution is 2.24. The van der Waals surface area contributed by atoms with Crippen molar-refractivity contribution in [3.05, 3.63) is 35.2 Å². The lowest BCUT2D eigenvalue weighted by Crippen LogP contribution is -2.21. The number of hydrogen-bond acceptors (Lipinski definition) is 5. The maximum absolute atomic E-state index is 5.67. The minimum Gasteiger partial charge on any atom is -0.406 e. The lowest BCUT2D eigenvalue weighted by molar-refractivity contribution is 0.454. The smallest absolute Gasteiger partial charge is 0.322 e. The van der Waals surface area contributed by atoms with Crippen molar-refractivity contribution >= 4 is 11.7 Å². The van der Waals surface area contributed by atoms with Gasteiger partial charge in [0.1, 0.15) is 0 Å². The number of benzene rings is 1. The van der Waals surface area contributed by atoms with Crippen molar-refractivity contribution in [2.45, 2.75) is 40.3 Å². The lowest BCUT2D eigenvalue weighted by atomic mass is 10.1. The van der Waals surface area contributed by atoms with Crippen molar-refractivity contribution in [1.29, 1.82) is 0 Å². The molecular formula is C15H22N4O. The third-order valence-corrected chi connectivity index (χ3v) is 3.00. The van der Waals surface area contributed by atoms with Crippen LogP contribution in [0.15, 0.2) is 22.6 Å². The van der Waals surface area contributed by atoms with E-state index in [9.17, 15) is 0 Å². The quantitative estimate of drug-likeness (QED) is 0.908. The fourth-order valence-corrected chi connectivity index (χ4v) is 2.00. The van der Waals surface area contributed by atoms with Crippen LogP contribution in [0.25, 0.3) is 0 Å². The van der Waals surface area contributed by atoms with Crippen LogP contribution in [0.1, 0.15) is 30.9 Å². The zero-order valence-corrected chi connectivity index (χ0v) is 12.8. The first-order valence-corrected chi connectivity index (χ1v) is 6.83. The summed E-state index contributed by atoms with van der Waals surface area (Å²) in [5, 5.41) is 11.4. The molecule has 1 aromatic heterocycles. The Kier molecular flexibility index (Phi) is 4.39. The summed E-state index contributed by atoms with van der Waals surface area (Å²) in [6.45, 7) is 8.91. The Morgan fingerprint density at radius 3 is 2.40 bits per heavy atom. The van der Waals surface area contributed by atoms with Crippen molar-refractivity contribution in [1.82, 2.24) is 15.5 Å². The average molecular weight is 274 g/mol. The highest BCUT2D eigenvalue weighted by atomic mass is 16.4. The first-order valence-electron chi connectivity index (χ1n) is 6.83. The molecular weight excluding hydrogens is 252 g/mol. The van der Waals surface area contributed by atoms with Gasteiger partial charge in [-0.1, -0.05) is 25.0 Å². The Hall–Kier alpha value is -1.88. The predicted octanol–water partition coefficient (Wildman–Crippen LogP) is 2.95. The standard InChI is InChI=1S/C15H22N4O/c1-10(2)16-9-14-17-18-15(20-14)19(5)13-7-11(3)6-12(4)8-13/h6-8,10,16H,9H2,1-5H3. The Balaban J connectivity index is 2.14. The zero-order chi connectivity index (χ0) is 14.7. The molecule has 20 heavy (non-hydrogen) atoms. The van der Waals surface area contributed by atoms with Crippen LogP contribution >= 0.6 is 0 Å². The Bertz CT molecular complexity index is 557. The van der Waals surface area contributed by atoms with Crippen molar-refractivity contribution in [2.75, 3.05) is 11.9 Å². The molecule has 5 nitrogen and oxygen atoms in total. The number of nitrogens with zero attached hydrogens (tertiary/aromatic N) is 3. The number of aryl methyl sites for hydroxylation is 2. The third kappa shape index (κ3) is 3.57. The molecule has 0 amide bonds. The number of nitrogens with one attached hydrogen (secondary N) is 1. The van der Waals surface area contributed by atoms with Crippen molar-refractivity contribution in [2.24, 2.45) is 0 Å². The van der Waals surface area contributed by atoms with Gasteiger partial charge in [0.2, 0.25) is 5.89 Å². The first kappa shape index (κ1) is 14.5. The van der Waals surface area contributed by atoms with Crippen LogP contribution in [0.4, 0.5) is 11.7 Å². The summed E-state index contributed by atoms with van der Waals surface area (Å²) in [5.41, 5.74) is 3.48. The fraction of sp³-hybridized carbons (Fsp3) is 0.467. The minimum absolute atomic E-state index is 0.391. The summed E-state index contributed by atoms with van der Waals surface area (Å²) < 4.78 is 5.67. The van der Waals surface area contributed by atoms with E-state index in [-0.39, 0.29) is 0 Å². The van der Waals surface area contributed by atoms with Gasteiger partial charge >= 0.3 is 6.01 Å². The zero-order valence-electron chi connectivity index (χ0n) is 12.8. The van der Waals surface area contributed by atoms with Crippen LogP contribution in [0, 0.1) is 13.8 Å². The SMILES string of the molecule is Cc1cc(C)cc(N(C)c2nnc(CNC(C)C)o2)c1. The van der Waals surface area contributed by atoms with E-state index in [1.54, 1.807) is 0 Å². The highest BCUT2D eigenvalue weighted by Gasteiger charge is 2.13. The van der Waals surface area contributed by atoms with E-state index in [0.29, 0.717) is 24.5 Å². The Morgan fingerprint density at radius 1 is 1.15 bits per heavy atom. The van der Waals surface area contributed by atoms with E-state index in [4.69, 9.17) is 4.42 Å². The molecule has 0 saturated heterocycles. The molecule has 0 aliphatic carbocycles. The third-order valence-electron chi connectivity index (χ3n) is 3.00. The van der Waals surface area contributed by atoms with Crippen LogP contribution in [0.2, 0.25) is 0 Å². The van der Waals surface area contributed by atoms with Crippen LogP contribution in [-0.2, 0) is 6.54 Å². The molecule has 2 rings (SSSR count). The molecule has 0 atom stereocenters. The molecule has 108 valence electrons. The topological polar surface area (TPSA) is 54.2 Å². The maximum atomic E-state index is 5.67. The number of aromatic nitrogens is 2. The van der Waals surface area contributed by atoms with Gasteiger partial charge in [-0.05, 0) is 37.1 Å². The lowest BCUT2D eigenvalue weighted by Gasteiger charge is -2.15. The molecule has 5 heteroatoms. The van der Waals surface area contributed by atoms with Gasteiger partial charge in [-0.3, -0.25) is 4.90 Å². The second-order valence-corrected chi connectivity index (χ2v) is 5.42. The van der Waals surface area contributed by atoms with E-state index in [1.807, 2.05) is 11.9 Å². The van der Waals surface area contributed by atoms with Crippen LogP contribution in [-0.4, -0.2) is 23.3 Å². The fourth-order valence-electron chi connectivity index (χ4n) is 2.00. The van der Waals surface area contributed by atoms with Gasteiger partial charge < -0.3 is 9.73 Å². The predicted molar refractivity (Wildman–Crippen MR) is 80.3 cm³/mol. The summed E-state index contributed by atoms with van der Waals surface area (Å²) in [6, 6.07) is 7.24. The van der Waals surface area contributed by atoms with Crippen molar-refractivity contribution < 1.29 is 4.42 Å². The van der Waals surface area contributed by atoms with Gasteiger partial charge in [0.25, 0.3) is 0 Å². The molecule has 0 bridgehead atoms. The van der Waals surface area contributed by atoms with Gasteiger partial charge in [0.15, 0.2) is 0 Å². The molecule has 0 aliphatic heterocycles. The Labute approximate surface area is 120 Å². The van der Waals surface area contributed by atoms with Crippen molar-refractivity contribution in [3.63, 3.8) is 0 Å². The van der Waals surface area contributed by atoms with E-state index in [1.165, 1.54) is 11.1 Å². The number of anilines is 2. The van der Waals surface area contributed by atoms with Gasteiger partial charge in [-0.15, -0.1) is 5.10 Å². The Morgan fingerprint density at radius 2 is 1.80 bits per heavy atom. The van der Waals surface area contributed by atoms with Crippen LogP contribution in [0.5, 0.6) is 0 Å². The number of rotatable bonds is 5. The van der Waals surface area contributed by atoms with E-state index >= 15 is 0 Å². The van der Waals surface area contributed by atoms with Crippen LogP contribution in [0.3, 0.4) is 0 Å². The summed E-state index contributed by atoms with van der Waals surface area (Å²) in [5.74, 6) is 0.602. The van der Waals surface area contributed by atoms with Crippen molar-refractivity contribution in [3.8, 4) is 0 Å². The average Bonchev–Trinajstić information content (AvgIpc) is 2.83. The molecule has 0 saturated carbocycles. The van der Waals surface area contributed by atoms with E-state index in [2.05, 4.69) is 61.4 Å². The molecule has 0 fully saturated rings. The van der Waals surface area contributed by atoms with E-state index in [0.717, 1.165) is 5.69 Å².